The van der Waals surface area contributed by atoms with Crippen molar-refractivity contribution in [1.82, 2.24) is 24.6 Å². The Balaban J connectivity index is 2.07. The van der Waals surface area contributed by atoms with Gasteiger partial charge in [-0.15, -0.1) is 5.10 Å². The van der Waals surface area contributed by atoms with Crippen molar-refractivity contribution in [3.63, 3.8) is 0 Å². The van der Waals surface area contributed by atoms with E-state index in [1.54, 1.807) is 4.68 Å². The SMILES string of the molecule is COc1nn(CCN(C)C)c2ncnc(NS(=O)(=O)c3cccc(Cl)c3Cl)c12. The van der Waals surface area contributed by atoms with E-state index in [1.807, 2.05) is 19.0 Å². The van der Waals surface area contributed by atoms with Crippen LogP contribution < -0.4 is 9.46 Å². The molecular weight excluding hydrogens is 427 g/mol. The topological polar surface area (TPSA) is 102 Å². The molecule has 0 radical (unpaired) electrons. The number of ether oxygens (including phenoxy) is 1. The summed E-state index contributed by atoms with van der Waals surface area (Å²) in [6.07, 6.45) is 1.26. The number of aromatic nitrogens is 4. The number of halogens is 2. The second-order valence-corrected chi connectivity index (χ2v) is 8.55. The maximum absolute atomic E-state index is 12.9. The molecule has 0 fully saturated rings. The molecule has 0 unspecified atom stereocenters. The zero-order chi connectivity index (χ0) is 20.5. The van der Waals surface area contributed by atoms with E-state index < -0.39 is 10.0 Å². The van der Waals surface area contributed by atoms with Crippen molar-refractivity contribution < 1.29 is 13.2 Å². The van der Waals surface area contributed by atoms with E-state index in [-0.39, 0.29) is 26.6 Å². The second kappa shape index (κ2) is 8.08. The van der Waals surface area contributed by atoms with Gasteiger partial charge in [0.1, 0.15) is 16.6 Å². The minimum Gasteiger partial charge on any atom is -0.479 e. The van der Waals surface area contributed by atoms with Crippen LogP contribution in [0.3, 0.4) is 0 Å². The van der Waals surface area contributed by atoms with E-state index in [0.717, 1.165) is 0 Å². The summed E-state index contributed by atoms with van der Waals surface area (Å²) < 4.78 is 35.1. The molecule has 0 saturated heterocycles. The van der Waals surface area contributed by atoms with Gasteiger partial charge in [0.15, 0.2) is 11.5 Å². The molecule has 2 aromatic heterocycles. The number of anilines is 1. The Kier molecular flexibility index (Phi) is 5.94. The maximum Gasteiger partial charge on any atom is 0.264 e. The number of benzene rings is 1. The lowest BCUT2D eigenvalue weighted by atomic mass is 10.4. The number of hydrogen-bond donors (Lipinski definition) is 1. The quantitative estimate of drug-likeness (QED) is 0.596. The third-order valence-corrected chi connectivity index (χ3v) is 6.20. The normalized spacial score (nSPS) is 11.9. The first-order chi connectivity index (χ1) is 13.2. The summed E-state index contributed by atoms with van der Waals surface area (Å²) in [5.74, 6) is 0.248. The highest BCUT2D eigenvalue weighted by atomic mass is 35.5. The van der Waals surface area contributed by atoms with Gasteiger partial charge in [0.25, 0.3) is 10.0 Å². The summed E-state index contributed by atoms with van der Waals surface area (Å²) in [7, 11) is 1.26. The van der Waals surface area contributed by atoms with Crippen LogP contribution in [0.15, 0.2) is 29.4 Å². The highest BCUT2D eigenvalue weighted by Crippen LogP contribution is 2.33. The summed E-state index contributed by atoms with van der Waals surface area (Å²) in [6.45, 7) is 1.25. The van der Waals surface area contributed by atoms with E-state index in [2.05, 4.69) is 19.8 Å². The molecule has 0 spiro atoms. The molecule has 12 heteroatoms. The molecule has 1 N–H and O–H groups in total. The van der Waals surface area contributed by atoms with Crippen LogP contribution >= 0.6 is 23.2 Å². The first kappa shape index (κ1) is 20.6. The van der Waals surface area contributed by atoms with Crippen LogP contribution in [-0.2, 0) is 16.6 Å². The number of fused-ring (bicyclic) bond motifs is 1. The fourth-order valence-corrected chi connectivity index (χ4v) is 4.30. The number of rotatable bonds is 7. The predicted molar refractivity (Wildman–Crippen MR) is 108 cm³/mol. The second-order valence-electron chi connectivity index (χ2n) is 6.11. The summed E-state index contributed by atoms with van der Waals surface area (Å²) >= 11 is 12.0. The minimum absolute atomic E-state index is 0.0361. The number of likely N-dealkylation sites (N-methyl/N-ethyl adjacent to an activating group) is 1. The van der Waals surface area contributed by atoms with Crippen LogP contribution in [0.5, 0.6) is 5.88 Å². The molecule has 0 bridgehead atoms. The summed E-state index contributed by atoms with van der Waals surface area (Å²) in [5, 5.41) is 4.77. The highest BCUT2D eigenvalue weighted by molar-refractivity contribution is 7.92. The van der Waals surface area contributed by atoms with E-state index in [4.69, 9.17) is 27.9 Å². The first-order valence-corrected chi connectivity index (χ1v) is 10.4. The van der Waals surface area contributed by atoms with Gasteiger partial charge >= 0.3 is 0 Å². The first-order valence-electron chi connectivity index (χ1n) is 8.11. The Morgan fingerprint density at radius 2 is 2.00 bits per heavy atom. The standard InChI is InChI=1S/C16H18Cl2N6O3S/c1-23(2)7-8-24-15-12(16(21-24)27-3)14(19-9-20-15)22-28(25,26)11-6-4-5-10(17)13(11)18/h4-6,9H,7-8H2,1-3H3,(H,19,20,22). The fraction of sp³-hybridized carbons (Fsp3) is 0.312. The van der Waals surface area contributed by atoms with Crippen molar-refractivity contribution in [3.05, 3.63) is 34.6 Å². The third-order valence-electron chi connectivity index (χ3n) is 3.89. The van der Waals surface area contributed by atoms with Crippen molar-refractivity contribution in [2.75, 3.05) is 32.5 Å². The fourth-order valence-electron chi connectivity index (χ4n) is 2.52. The molecule has 3 aromatic rings. The molecule has 28 heavy (non-hydrogen) atoms. The molecule has 2 heterocycles. The van der Waals surface area contributed by atoms with E-state index in [0.29, 0.717) is 24.1 Å². The largest absolute Gasteiger partial charge is 0.479 e. The van der Waals surface area contributed by atoms with Crippen molar-refractivity contribution in [2.24, 2.45) is 0 Å². The molecule has 0 amide bonds. The Labute approximate surface area is 172 Å². The molecule has 0 aliphatic heterocycles. The van der Waals surface area contributed by atoms with Crippen molar-refractivity contribution in [3.8, 4) is 5.88 Å². The number of nitrogens with one attached hydrogen (secondary N) is 1. The minimum atomic E-state index is -4.06. The lowest BCUT2D eigenvalue weighted by molar-refractivity contribution is 0.361. The van der Waals surface area contributed by atoms with Gasteiger partial charge < -0.3 is 9.64 Å². The number of methoxy groups -OCH3 is 1. The van der Waals surface area contributed by atoms with E-state index in [1.165, 1.54) is 31.6 Å². The number of sulfonamides is 1. The van der Waals surface area contributed by atoms with Crippen molar-refractivity contribution in [2.45, 2.75) is 11.4 Å². The van der Waals surface area contributed by atoms with Gasteiger partial charge in [-0.2, -0.15) is 0 Å². The molecule has 150 valence electrons. The zero-order valence-electron chi connectivity index (χ0n) is 15.3. The molecular formula is C16H18Cl2N6O3S. The van der Waals surface area contributed by atoms with Gasteiger partial charge in [0, 0.05) is 6.54 Å². The molecule has 0 aliphatic rings. The van der Waals surface area contributed by atoms with Crippen LogP contribution in [0.2, 0.25) is 10.0 Å². The van der Waals surface area contributed by atoms with Gasteiger partial charge in [-0.05, 0) is 26.2 Å². The number of hydrogen-bond acceptors (Lipinski definition) is 7. The lowest BCUT2D eigenvalue weighted by Gasteiger charge is -2.11. The molecule has 3 rings (SSSR count). The van der Waals surface area contributed by atoms with Crippen LogP contribution in [0.1, 0.15) is 0 Å². The monoisotopic (exact) mass is 444 g/mol. The van der Waals surface area contributed by atoms with Crippen LogP contribution in [0.25, 0.3) is 11.0 Å². The highest BCUT2D eigenvalue weighted by Gasteiger charge is 2.24. The van der Waals surface area contributed by atoms with Gasteiger partial charge in [0.2, 0.25) is 5.88 Å². The average molecular weight is 445 g/mol. The zero-order valence-corrected chi connectivity index (χ0v) is 17.7. The summed E-state index contributed by atoms with van der Waals surface area (Å²) in [6, 6.07) is 4.36. The Hall–Kier alpha value is -2.14. The Morgan fingerprint density at radius 3 is 2.68 bits per heavy atom. The molecule has 0 atom stereocenters. The average Bonchev–Trinajstić information content (AvgIpc) is 3.01. The van der Waals surface area contributed by atoms with Gasteiger partial charge in [-0.3, -0.25) is 4.72 Å². The Bertz CT molecular complexity index is 1120. The van der Waals surface area contributed by atoms with Crippen molar-refractivity contribution >= 4 is 50.1 Å². The molecule has 0 saturated carbocycles. The maximum atomic E-state index is 12.9. The lowest BCUT2D eigenvalue weighted by Crippen LogP contribution is -2.19. The summed E-state index contributed by atoms with van der Waals surface area (Å²) in [4.78, 5) is 10.1. The van der Waals surface area contributed by atoms with Gasteiger partial charge in [-0.1, -0.05) is 29.3 Å². The number of nitrogens with zero attached hydrogens (tertiary/aromatic N) is 5. The van der Waals surface area contributed by atoms with E-state index in [9.17, 15) is 8.42 Å². The summed E-state index contributed by atoms with van der Waals surface area (Å²) in [5.41, 5.74) is 0.448. The van der Waals surface area contributed by atoms with Gasteiger partial charge in [-0.25, -0.2) is 23.1 Å². The van der Waals surface area contributed by atoms with E-state index >= 15 is 0 Å². The Morgan fingerprint density at radius 1 is 1.25 bits per heavy atom. The van der Waals surface area contributed by atoms with Crippen LogP contribution in [0, 0.1) is 0 Å². The van der Waals surface area contributed by atoms with Crippen LogP contribution in [0.4, 0.5) is 5.82 Å². The van der Waals surface area contributed by atoms with Crippen LogP contribution in [-0.4, -0.2) is 60.8 Å². The molecule has 0 aliphatic carbocycles. The molecule has 1 aromatic carbocycles. The van der Waals surface area contributed by atoms with Crippen molar-refractivity contribution in [1.29, 1.82) is 0 Å². The smallest absolute Gasteiger partial charge is 0.264 e. The van der Waals surface area contributed by atoms with Gasteiger partial charge in [0.05, 0.1) is 23.7 Å². The molecule has 9 nitrogen and oxygen atoms in total. The third kappa shape index (κ3) is 4.00. The predicted octanol–water partition coefficient (Wildman–Crippen LogP) is 2.50.